The predicted octanol–water partition coefficient (Wildman–Crippen LogP) is 3.20. The van der Waals surface area contributed by atoms with Gasteiger partial charge in [0.05, 0.1) is 26.9 Å². The van der Waals surface area contributed by atoms with E-state index in [4.69, 9.17) is 24.1 Å². The van der Waals surface area contributed by atoms with E-state index in [1.807, 2.05) is 0 Å². The zero-order valence-electron chi connectivity index (χ0n) is 12.5. The van der Waals surface area contributed by atoms with Crippen LogP contribution < -0.4 is 18.9 Å². The molecule has 0 aliphatic carbocycles. The fourth-order valence-electron chi connectivity index (χ4n) is 1.92. The molecule has 0 aliphatic heterocycles. The molecule has 6 nitrogen and oxygen atoms in total. The van der Waals surface area contributed by atoms with Gasteiger partial charge < -0.3 is 24.1 Å². The van der Waals surface area contributed by atoms with Crippen LogP contribution in [0.15, 0.2) is 36.4 Å². The van der Waals surface area contributed by atoms with Crippen molar-refractivity contribution in [3.63, 3.8) is 0 Å². The molecule has 116 valence electrons. The van der Waals surface area contributed by atoms with Gasteiger partial charge in [-0.2, -0.15) is 0 Å². The van der Waals surface area contributed by atoms with Gasteiger partial charge in [0.15, 0.2) is 11.5 Å². The van der Waals surface area contributed by atoms with Crippen molar-refractivity contribution in [2.24, 2.45) is 0 Å². The zero-order chi connectivity index (χ0) is 16.1. The van der Waals surface area contributed by atoms with Gasteiger partial charge in [0.1, 0.15) is 11.5 Å². The number of hydrogen-bond donors (Lipinski definition) is 1. The molecule has 1 N–H and O–H groups in total. The third kappa shape index (κ3) is 3.22. The lowest BCUT2D eigenvalue weighted by Crippen LogP contribution is -1.97. The summed E-state index contributed by atoms with van der Waals surface area (Å²) in [5.41, 5.74) is 0.192. The first-order valence-corrected chi connectivity index (χ1v) is 6.40. The maximum Gasteiger partial charge on any atom is 0.335 e. The molecule has 0 aromatic heterocycles. The molecule has 0 aliphatic rings. The minimum Gasteiger partial charge on any atom is -0.493 e. The highest BCUT2D eigenvalue weighted by molar-refractivity contribution is 5.87. The summed E-state index contributed by atoms with van der Waals surface area (Å²) in [5.74, 6) is 1.41. The topological polar surface area (TPSA) is 74.2 Å². The number of carboxylic acid groups (broad SMARTS) is 1. The average Bonchev–Trinajstić information content (AvgIpc) is 2.54. The average molecular weight is 304 g/mol. The lowest BCUT2D eigenvalue weighted by molar-refractivity contribution is 0.0697. The molecule has 0 bridgehead atoms. The predicted molar refractivity (Wildman–Crippen MR) is 79.6 cm³/mol. The number of ether oxygens (including phenoxy) is 4. The van der Waals surface area contributed by atoms with Gasteiger partial charge in [-0.1, -0.05) is 0 Å². The molecule has 2 aromatic carbocycles. The molecule has 0 amide bonds. The summed E-state index contributed by atoms with van der Waals surface area (Å²) in [6.45, 7) is 0. The Morgan fingerprint density at radius 2 is 1.41 bits per heavy atom. The van der Waals surface area contributed by atoms with E-state index < -0.39 is 5.97 Å². The Labute approximate surface area is 127 Å². The second kappa shape index (κ2) is 6.71. The minimum atomic E-state index is -0.987. The number of aromatic carboxylic acids is 1. The SMILES string of the molecule is COc1cc(Oc2ccc(C(=O)O)cc2)cc(OC)c1OC. The van der Waals surface area contributed by atoms with Crippen LogP contribution in [0.4, 0.5) is 0 Å². The highest BCUT2D eigenvalue weighted by Gasteiger charge is 2.14. The van der Waals surface area contributed by atoms with Gasteiger partial charge in [-0.3, -0.25) is 0 Å². The van der Waals surface area contributed by atoms with Gasteiger partial charge in [0.2, 0.25) is 5.75 Å². The molecule has 6 heteroatoms. The molecule has 2 aromatic rings. The smallest absolute Gasteiger partial charge is 0.335 e. The third-order valence-electron chi connectivity index (χ3n) is 2.98. The van der Waals surface area contributed by atoms with Crippen molar-refractivity contribution in [3.05, 3.63) is 42.0 Å². The van der Waals surface area contributed by atoms with Gasteiger partial charge in [0, 0.05) is 12.1 Å². The minimum absolute atomic E-state index is 0.192. The van der Waals surface area contributed by atoms with Crippen molar-refractivity contribution in [1.29, 1.82) is 0 Å². The van der Waals surface area contributed by atoms with Crippen molar-refractivity contribution in [2.45, 2.75) is 0 Å². The quantitative estimate of drug-likeness (QED) is 0.883. The number of methoxy groups -OCH3 is 3. The summed E-state index contributed by atoms with van der Waals surface area (Å²) < 4.78 is 21.4. The summed E-state index contributed by atoms with van der Waals surface area (Å²) in [7, 11) is 4.55. The molecule has 0 fully saturated rings. The molecule has 2 rings (SSSR count). The fourth-order valence-corrected chi connectivity index (χ4v) is 1.92. The van der Waals surface area contributed by atoms with Crippen LogP contribution in [0.1, 0.15) is 10.4 Å². The summed E-state index contributed by atoms with van der Waals surface area (Å²) >= 11 is 0. The van der Waals surface area contributed by atoms with E-state index in [1.165, 1.54) is 33.5 Å². The molecular weight excluding hydrogens is 288 g/mol. The van der Waals surface area contributed by atoms with Crippen LogP contribution >= 0.6 is 0 Å². The van der Waals surface area contributed by atoms with Crippen LogP contribution in [0.3, 0.4) is 0 Å². The number of rotatable bonds is 6. The van der Waals surface area contributed by atoms with E-state index in [9.17, 15) is 4.79 Å². The van der Waals surface area contributed by atoms with E-state index in [2.05, 4.69) is 0 Å². The number of benzene rings is 2. The van der Waals surface area contributed by atoms with Crippen molar-refractivity contribution in [3.8, 4) is 28.7 Å². The molecule has 0 spiro atoms. The maximum absolute atomic E-state index is 10.8. The monoisotopic (exact) mass is 304 g/mol. The number of hydrogen-bond acceptors (Lipinski definition) is 5. The van der Waals surface area contributed by atoms with Gasteiger partial charge >= 0.3 is 5.97 Å². The summed E-state index contributed by atoms with van der Waals surface area (Å²) in [4.78, 5) is 10.8. The van der Waals surface area contributed by atoms with Crippen molar-refractivity contribution in [1.82, 2.24) is 0 Å². The van der Waals surface area contributed by atoms with E-state index in [0.29, 0.717) is 28.7 Å². The van der Waals surface area contributed by atoms with Crippen molar-refractivity contribution >= 4 is 5.97 Å². The molecule has 0 atom stereocenters. The van der Waals surface area contributed by atoms with Crippen LogP contribution in [-0.2, 0) is 0 Å². The van der Waals surface area contributed by atoms with Gasteiger partial charge in [-0.05, 0) is 24.3 Å². The zero-order valence-corrected chi connectivity index (χ0v) is 12.5. The number of carbonyl (C=O) groups is 1. The Morgan fingerprint density at radius 3 is 1.82 bits per heavy atom. The highest BCUT2D eigenvalue weighted by Crippen LogP contribution is 2.41. The molecular formula is C16H16O6. The Balaban J connectivity index is 2.30. The van der Waals surface area contributed by atoms with E-state index >= 15 is 0 Å². The first-order chi connectivity index (χ1) is 10.6. The molecule has 0 unspecified atom stereocenters. The van der Waals surface area contributed by atoms with Crippen LogP contribution in [-0.4, -0.2) is 32.4 Å². The van der Waals surface area contributed by atoms with E-state index in [-0.39, 0.29) is 5.56 Å². The van der Waals surface area contributed by atoms with Gasteiger partial charge in [0.25, 0.3) is 0 Å². The first-order valence-electron chi connectivity index (χ1n) is 6.40. The Hall–Kier alpha value is -2.89. The second-order valence-corrected chi connectivity index (χ2v) is 4.29. The Morgan fingerprint density at radius 1 is 0.864 bits per heavy atom. The molecule has 0 saturated carbocycles. The molecule has 0 saturated heterocycles. The summed E-state index contributed by atoms with van der Waals surface area (Å²) in [6.07, 6.45) is 0. The third-order valence-corrected chi connectivity index (χ3v) is 2.98. The standard InChI is InChI=1S/C16H16O6/c1-19-13-8-12(9-14(20-2)15(13)21-3)22-11-6-4-10(5-7-11)16(17)18/h4-9H,1-3H3,(H,17,18). The Bertz CT molecular complexity index is 638. The lowest BCUT2D eigenvalue weighted by Gasteiger charge is -2.14. The highest BCUT2D eigenvalue weighted by atomic mass is 16.5. The van der Waals surface area contributed by atoms with E-state index in [1.54, 1.807) is 24.3 Å². The van der Waals surface area contributed by atoms with Gasteiger partial charge in [-0.25, -0.2) is 4.79 Å². The lowest BCUT2D eigenvalue weighted by atomic mass is 10.2. The largest absolute Gasteiger partial charge is 0.493 e. The van der Waals surface area contributed by atoms with E-state index in [0.717, 1.165) is 0 Å². The van der Waals surface area contributed by atoms with Crippen molar-refractivity contribution in [2.75, 3.05) is 21.3 Å². The Kier molecular flexibility index (Phi) is 4.73. The number of carboxylic acids is 1. The fraction of sp³-hybridized carbons (Fsp3) is 0.188. The normalized spacial score (nSPS) is 9.95. The molecule has 22 heavy (non-hydrogen) atoms. The molecule has 0 heterocycles. The van der Waals surface area contributed by atoms with Crippen LogP contribution in [0.25, 0.3) is 0 Å². The van der Waals surface area contributed by atoms with Crippen LogP contribution in [0.2, 0.25) is 0 Å². The summed E-state index contributed by atoms with van der Waals surface area (Å²) in [5, 5.41) is 8.87. The van der Waals surface area contributed by atoms with Crippen LogP contribution in [0, 0.1) is 0 Å². The first kappa shape index (κ1) is 15.5. The van der Waals surface area contributed by atoms with Gasteiger partial charge in [-0.15, -0.1) is 0 Å². The maximum atomic E-state index is 10.8. The van der Waals surface area contributed by atoms with Crippen LogP contribution in [0.5, 0.6) is 28.7 Å². The molecule has 0 radical (unpaired) electrons. The van der Waals surface area contributed by atoms with Crippen molar-refractivity contribution < 1.29 is 28.8 Å². The summed E-state index contributed by atoms with van der Waals surface area (Å²) in [6, 6.07) is 9.41. The second-order valence-electron chi connectivity index (χ2n) is 4.29.